The molecule has 1 aromatic heterocycles. The fourth-order valence-corrected chi connectivity index (χ4v) is 2.67. The van der Waals surface area contributed by atoms with E-state index >= 15 is 0 Å². The molecule has 1 fully saturated rings. The number of carbonyl (C=O) groups is 1. The van der Waals surface area contributed by atoms with Gasteiger partial charge in [0.25, 0.3) is 5.91 Å². The fraction of sp³-hybridized carbons (Fsp3) is 0.375. The van der Waals surface area contributed by atoms with Gasteiger partial charge in [-0.25, -0.2) is 0 Å². The van der Waals surface area contributed by atoms with Gasteiger partial charge in [0.15, 0.2) is 0 Å². The first kappa shape index (κ1) is 16.7. The third kappa shape index (κ3) is 3.38. The summed E-state index contributed by atoms with van der Waals surface area (Å²) in [4.78, 5) is 16.8. The first-order valence-corrected chi connectivity index (χ1v) is 7.09. The van der Waals surface area contributed by atoms with Gasteiger partial charge in [0, 0.05) is 36.8 Å². The molecular formula is C16H20ClN3O2. The van der Waals surface area contributed by atoms with Crippen LogP contribution in [-0.2, 0) is 4.74 Å². The number of methoxy groups -OCH3 is 1. The SMILES string of the molecule is COC1CNCC1NC(=O)c1ccc2nc(C)ccc2c1.Cl. The van der Waals surface area contributed by atoms with E-state index in [1.54, 1.807) is 7.11 Å². The topological polar surface area (TPSA) is 63.2 Å². The molecule has 1 aliphatic rings. The van der Waals surface area contributed by atoms with Crippen molar-refractivity contribution in [2.75, 3.05) is 20.2 Å². The van der Waals surface area contributed by atoms with Crippen LogP contribution in [0, 0.1) is 6.92 Å². The number of amides is 1. The van der Waals surface area contributed by atoms with Gasteiger partial charge >= 0.3 is 0 Å². The predicted molar refractivity (Wildman–Crippen MR) is 88.6 cm³/mol. The molecule has 6 heteroatoms. The number of hydrogen-bond donors (Lipinski definition) is 2. The number of ether oxygens (including phenoxy) is 1. The lowest BCUT2D eigenvalue weighted by atomic mass is 10.1. The molecule has 2 N–H and O–H groups in total. The van der Waals surface area contributed by atoms with Crippen LogP contribution in [0.1, 0.15) is 16.1 Å². The van der Waals surface area contributed by atoms with Crippen LogP contribution in [0.15, 0.2) is 30.3 Å². The Morgan fingerprint density at radius 3 is 2.91 bits per heavy atom. The largest absolute Gasteiger partial charge is 0.378 e. The minimum Gasteiger partial charge on any atom is -0.378 e. The Hall–Kier alpha value is -1.69. The summed E-state index contributed by atoms with van der Waals surface area (Å²) in [5, 5.41) is 7.21. The molecule has 0 saturated carbocycles. The molecule has 2 atom stereocenters. The van der Waals surface area contributed by atoms with Gasteiger partial charge in [-0.1, -0.05) is 6.07 Å². The van der Waals surface area contributed by atoms with Gasteiger partial charge in [-0.2, -0.15) is 0 Å². The summed E-state index contributed by atoms with van der Waals surface area (Å²) < 4.78 is 5.36. The zero-order valence-corrected chi connectivity index (χ0v) is 13.4. The van der Waals surface area contributed by atoms with E-state index in [1.165, 1.54) is 0 Å². The maximum Gasteiger partial charge on any atom is 0.251 e. The lowest BCUT2D eigenvalue weighted by Gasteiger charge is -2.18. The Labute approximate surface area is 135 Å². The molecule has 3 rings (SSSR count). The van der Waals surface area contributed by atoms with Gasteiger partial charge in [0.05, 0.1) is 17.7 Å². The number of pyridine rings is 1. The van der Waals surface area contributed by atoms with E-state index in [9.17, 15) is 4.79 Å². The van der Waals surface area contributed by atoms with Gasteiger partial charge in [-0.3, -0.25) is 9.78 Å². The number of nitrogens with one attached hydrogen (secondary N) is 2. The van der Waals surface area contributed by atoms with Crippen molar-refractivity contribution in [1.29, 1.82) is 0 Å². The van der Waals surface area contributed by atoms with Crippen LogP contribution >= 0.6 is 12.4 Å². The molecule has 1 aliphatic heterocycles. The maximum atomic E-state index is 12.4. The quantitative estimate of drug-likeness (QED) is 0.903. The normalized spacial score (nSPS) is 20.6. The van der Waals surface area contributed by atoms with Gasteiger partial charge in [0.2, 0.25) is 0 Å². The smallest absolute Gasteiger partial charge is 0.251 e. The third-order valence-corrected chi connectivity index (χ3v) is 3.87. The minimum absolute atomic E-state index is 0. The Bertz CT molecular complexity index is 677. The number of rotatable bonds is 3. The van der Waals surface area contributed by atoms with Crippen molar-refractivity contribution < 1.29 is 9.53 Å². The fourth-order valence-electron chi connectivity index (χ4n) is 2.67. The van der Waals surface area contributed by atoms with E-state index < -0.39 is 0 Å². The highest BCUT2D eigenvalue weighted by Crippen LogP contribution is 2.15. The summed E-state index contributed by atoms with van der Waals surface area (Å²) in [5.41, 5.74) is 2.53. The first-order valence-electron chi connectivity index (χ1n) is 7.09. The van der Waals surface area contributed by atoms with Crippen LogP contribution in [-0.4, -0.2) is 43.2 Å². The van der Waals surface area contributed by atoms with Crippen molar-refractivity contribution in [3.05, 3.63) is 41.6 Å². The van der Waals surface area contributed by atoms with Crippen LogP contribution in [0.2, 0.25) is 0 Å². The molecule has 0 radical (unpaired) electrons. The lowest BCUT2D eigenvalue weighted by Crippen LogP contribution is -2.43. The summed E-state index contributed by atoms with van der Waals surface area (Å²) in [5.74, 6) is -0.0757. The molecule has 5 nitrogen and oxygen atoms in total. The Kier molecular flexibility index (Phi) is 5.34. The van der Waals surface area contributed by atoms with Crippen molar-refractivity contribution >= 4 is 29.2 Å². The van der Waals surface area contributed by atoms with Crippen molar-refractivity contribution in [3.8, 4) is 0 Å². The number of aromatic nitrogens is 1. The molecular weight excluding hydrogens is 302 g/mol. The highest BCUT2D eigenvalue weighted by atomic mass is 35.5. The average Bonchev–Trinajstić information content (AvgIpc) is 2.93. The molecule has 1 amide bonds. The minimum atomic E-state index is -0.0757. The average molecular weight is 322 g/mol. The van der Waals surface area contributed by atoms with E-state index in [0.717, 1.165) is 29.7 Å². The number of fused-ring (bicyclic) bond motifs is 1. The van der Waals surface area contributed by atoms with E-state index in [0.29, 0.717) is 5.56 Å². The number of carbonyl (C=O) groups excluding carboxylic acids is 1. The van der Waals surface area contributed by atoms with Gasteiger partial charge in [0.1, 0.15) is 0 Å². The summed E-state index contributed by atoms with van der Waals surface area (Å²) >= 11 is 0. The zero-order valence-electron chi connectivity index (χ0n) is 12.6. The molecule has 0 aliphatic carbocycles. The van der Waals surface area contributed by atoms with E-state index in [1.807, 2.05) is 37.3 Å². The molecule has 2 heterocycles. The molecule has 0 spiro atoms. The van der Waals surface area contributed by atoms with Gasteiger partial charge in [-0.05, 0) is 31.2 Å². The number of halogens is 1. The van der Waals surface area contributed by atoms with Crippen LogP contribution in [0.4, 0.5) is 0 Å². The summed E-state index contributed by atoms with van der Waals surface area (Å²) in [6.45, 7) is 3.46. The lowest BCUT2D eigenvalue weighted by molar-refractivity contribution is 0.0780. The number of benzene rings is 1. The Morgan fingerprint density at radius 1 is 1.32 bits per heavy atom. The van der Waals surface area contributed by atoms with Crippen LogP contribution in [0.25, 0.3) is 10.9 Å². The summed E-state index contributed by atoms with van der Waals surface area (Å²) in [7, 11) is 1.67. The van der Waals surface area contributed by atoms with Crippen molar-refractivity contribution in [1.82, 2.24) is 15.6 Å². The zero-order chi connectivity index (χ0) is 14.8. The molecule has 2 aromatic rings. The molecule has 118 valence electrons. The van der Waals surface area contributed by atoms with E-state index in [-0.39, 0.29) is 30.5 Å². The number of aryl methyl sites for hydroxylation is 1. The highest BCUT2D eigenvalue weighted by molar-refractivity contribution is 5.98. The monoisotopic (exact) mass is 321 g/mol. The second-order valence-corrected chi connectivity index (χ2v) is 5.37. The molecule has 22 heavy (non-hydrogen) atoms. The summed E-state index contributed by atoms with van der Waals surface area (Å²) in [6, 6.07) is 9.53. The number of hydrogen-bond acceptors (Lipinski definition) is 4. The van der Waals surface area contributed by atoms with Gasteiger partial charge < -0.3 is 15.4 Å². The second kappa shape index (κ2) is 7.05. The second-order valence-electron chi connectivity index (χ2n) is 5.37. The van der Waals surface area contributed by atoms with Gasteiger partial charge in [-0.15, -0.1) is 12.4 Å². The molecule has 1 saturated heterocycles. The van der Waals surface area contributed by atoms with E-state index in [4.69, 9.17) is 4.74 Å². The first-order chi connectivity index (χ1) is 10.2. The van der Waals surface area contributed by atoms with Crippen molar-refractivity contribution in [2.24, 2.45) is 0 Å². The Morgan fingerprint density at radius 2 is 2.14 bits per heavy atom. The molecule has 1 aromatic carbocycles. The van der Waals surface area contributed by atoms with Crippen LogP contribution < -0.4 is 10.6 Å². The third-order valence-electron chi connectivity index (χ3n) is 3.87. The van der Waals surface area contributed by atoms with Crippen molar-refractivity contribution in [3.63, 3.8) is 0 Å². The van der Waals surface area contributed by atoms with Crippen LogP contribution in [0.3, 0.4) is 0 Å². The Balaban J connectivity index is 0.00000176. The standard InChI is InChI=1S/C16H19N3O2.ClH/c1-10-3-4-11-7-12(5-6-13(11)18-10)16(20)19-14-8-17-9-15(14)21-2;/h3-7,14-15,17H,8-9H2,1-2H3,(H,19,20);1H. The molecule has 0 bridgehead atoms. The number of nitrogens with zero attached hydrogens (tertiary/aromatic N) is 1. The highest BCUT2D eigenvalue weighted by Gasteiger charge is 2.28. The van der Waals surface area contributed by atoms with Crippen LogP contribution in [0.5, 0.6) is 0 Å². The molecule has 2 unspecified atom stereocenters. The maximum absolute atomic E-state index is 12.4. The summed E-state index contributed by atoms with van der Waals surface area (Å²) in [6.07, 6.45) is 0.0266. The predicted octanol–water partition coefficient (Wildman–Crippen LogP) is 1.68. The van der Waals surface area contributed by atoms with Crippen molar-refractivity contribution in [2.45, 2.75) is 19.1 Å². The van der Waals surface area contributed by atoms with E-state index in [2.05, 4.69) is 15.6 Å².